The van der Waals surface area contributed by atoms with E-state index in [1.54, 1.807) is 11.8 Å². The lowest BCUT2D eigenvalue weighted by atomic mass is 9.92. The molecular weight excluding hydrogens is 545 g/mol. The van der Waals surface area contributed by atoms with Gasteiger partial charge in [0.15, 0.2) is 0 Å². The van der Waals surface area contributed by atoms with Gasteiger partial charge in [0.2, 0.25) is 0 Å². The van der Waals surface area contributed by atoms with Crippen molar-refractivity contribution in [3.05, 3.63) is 132 Å². The van der Waals surface area contributed by atoms with Crippen LogP contribution in [0.4, 0.5) is 0 Å². The minimum absolute atomic E-state index is 0.426. The normalized spacial score (nSPS) is 11.5. The first-order valence-electron chi connectivity index (χ1n) is 14.9. The second kappa shape index (κ2) is 12.1. The molecule has 0 aliphatic rings. The van der Waals surface area contributed by atoms with Gasteiger partial charge in [0.05, 0.1) is 35.4 Å². The van der Waals surface area contributed by atoms with E-state index in [1.807, 2.05) is 12.7 Å². The van der Waals surface area contributed by atoms with Crippen LogP contribution < -0.4 is 0 Å². The molecule has 0 N–H and O–H groups in total. The highest BCUT2D eigenvalue weighted by atomic mass is 32.2. The van der Waals surface area contributed by atoms with Gasteiger partial charge in [-0.1, -0.05) is 100 Å². The molecule has 0 aliphatic carbocycles. The predicted molar refractivity (Wildman–Crippen MR) is 180 cm³/mol. The van der Waals surface area contributed by atoms with E-state index >= 15 is 0 Å². The zero-order valence-corrected chi connectivity index (χ0v) is 26.6. The van der Waals surface area contributed by atoms with E-state index in [9.17, 15) is 0 Å². The quantitative estimate of drug-likeness (QED) is 0.179. The summed E-state index contributed by atoms with van der Waals surface area (Å²) in [7, 11) is 0. The van der Waals surface area contributed by atoms with Gasteiger partial charge in [-0.3, -0.25) is 0 Å². The lowest BCUT2D eigenvalue weighted by molar-refractivity contribution is 0.805. The Hall–Kier alpha value is -4.35. The summed E-state index contributed by atoms with van der Waals surface area (Å²) in [6.07, 6.45) is 8.17. The Kier molecular flexibility index (Phi) is 8.09. The average molecular weight is 583 g/mol. The second-order valence-corrected chi connectivity index (χ2v) is 13.0. The monoisotopic (exact) mass is 582 g/mol. The summed E-state index contributed by atoms with van der Waals surface area (Å²) in [5, 5.41) is 0. The van der Waals surface area contributed by atoms with E-state index in [1.165, 1.54) is 43.4 Å². The number of imidazole rings is 2. The third-order valence-electron chi connectivity index (χ3n) is 7.96. The molecule has 4 nitrogen and oxygen atoms in total. The molecule has 0 radical (unpaired) electrons. The molecule has 2 heterocycles. The van der Waals surface area contributed by atoms with Crippen molar-refractivity contribution >= 4 is 11.8 Å². The largest absolute Gasteiger partial charge is 0.305 e. The molecule has 0 fully saturated rings. The highest BCUT2D eigenvalue weighted by molar-refractivity contribution is 7.99. The number of para-hydroxylation sites is 2. The molecule has 0 amide bonds. The molecule has 0 atom stereocenters. The van der Waals surface area contributed by atoms with E-state index in [0.29, 0.717) is 11.8 Å². The fourth-order valence-corrected chi connectivity index (χ4v) is 6.72. The maximum atomic E-state index is 4.85. The van der Waals surface area contributed by atoms with Crippen molar-refractivity contribution in [3.63, 3.8) is 0 Å². The smallest absolute Gasteiger partial charge is 0.0999 e. The van der Waals surface area contributed by atoms with Crippen LogP contribution in [0.1, 0.15) is 61.8 Å². The first-order chi connectivity index (χ1) is 20.8. The summed E-state index contributed by atoms with van der Waals surface area (Å²) in [5.74, 6) is 0.853. The zero-order chi connectivity index (χ0) is 30.1. The number of aromatic nitrogens is 4. The minimum atomic E-state index is 0.426. The van der Waals surface area contributed by atoms with Crippen LogP contribution in [0.25, 0.3) is 33.9 Å². The first kappa shape index (κ1) is 28.8. The van der Waals surface area contributed by atoms with Crippen LogP contribution >= 0.6 is 11.8 Å². The molecule has 216 valence electrons. The Morgan fingerprint density at radius 2 is 1.00 bits per heavy atom. The number of rotatable bonds is 8. The molecule has 6 aromatic rings. The van der Waals surface area contributed by atoms with E-state index in [4.69, 9.17) is 9.97 Å². The predicted octanol–water partition coefficient (Wildman–Crippen LogP) is 10.4. The van der Waals surface area contributed by atoms with Gasteiger partial charge in [0.1, 0.15) is 0 Å². The molecule has 2 aromatic heterocycles. The molecule has 0 bridgehead atoms. The lowest BCUT2D eigenvalue weighted by Crippen LogP contribution is -2.05. The van der Waals surface area contributed by atoms with Crippen molar-refractivity contribution in [2.45, 2.75) is 63.2 Å². The maximum Gasteiger partial charge on any atom is 0.0999 e. The van der Waals surface area contributed by atoms with Gasteiger partial charge in [-0.2, -0.15) is 0 Å². The number of aryl methyl sites for hydroxylation is 2. The summed E-state index contributed by atoms with van der Waals surface area (Å²) >= 11 is 1.76. The second-order valence-electron chi connectivity index (χ2n) is 11.8. The van der Waals surface area contributed by atoms with Gasteiger partial charge in [-0.15, -0.1) is 0 Å². The Morgan fingerprint density at radius 3 is 1.49 bits per heavy atom. The molecule has 4 aromatic carbocycles. The SMILES string of the molecule is Cc1cccc(C)c1-n1cnc(-c2cccc(Sc3cccc(-c4cn(-c5c(C(C)C)cccc5C(C)C)cn4)c3)c2)c1. The van der Waals surface area contributed by atoms with E-state index in [-0.39, 0.29) is 0 Å². The fraction of sp³-hybridized carbons (Fsp3) is 0.211. The van der Waals surface area contributed by atoms with Crippen molar-refractivity contribution in [1.82, 2.24) is 19.1 Å². The summed E-state index contributed by atoms with van der Waals surface area (Å²) < 4.78 is 4.34. The summed E-state index contributed by atoms with van der Waals surface area (Å²) in [4.78, 5) is 12.0. The average Bonchev–Trinajstić information content (AvgIpc) is 3.68. The number of hydrogen-bond acceptors (Lipinski definition) is 3. The zero-order valence-electron chi connectivity index (χ0n) is 25.7. The molecule has 0 saturated carbocycles. The lowest BCUT2D eigenvalue weighted by Gasteiger charge is -2.20. The number of nitrogens with zero attached hydrogens (tertiary/aromatic N) is 4. The van der Waals surface area contributed by atoms with E-state index < -0.39 is 0 Å². The topological polar surface area (TPSA) is 35.6 Å². The first-order valence-corrected chi connectivity index (χ1v) is 15.8. The molecule has 0 aliphatic heterocycles. The van der Waals surface area contributed by atoms with Crippen LogP contribution in [-0.2, 0) is 0 Å². The van der Waals surface area contributed by atoms with Crippen LogP contribution in [0.2, 0.25) is 0 Å². The fourth-order valence-electron chi connectivity index (χ4n) is 5.79. The van der Waals surface area contributed by atoms with Crippen LogP contribution in [-0.4, -0.2) is 19.1 Å². The highest BCUT2D eigenvalue weighted by Gasteiger charge is 2.17. The van der Waals surface area contributed by atoms with Gasteiger partial charge >= 0.3 is 0 Å². The minimum Gasteiger partial charge on any atom is -0.305 e. The summed E-state index contributed by atoms with van der Waals surface area (Å²) in [6, 6.07) is 30.3. The summed E-state index contributed by atoms with van der Waals surface area (Å²) in [6.45, 7) is 13.3. The van der Waals surface area contributed by atoms with Crippen LogP contribution in [0, 0.1) is 13.8 Å². The van der Waals surface area contributed by atoms with Gasteiger partial charge in [-0.25, -0.2) is 9.97 Å². The van der Waals surface area contributed by atoms with Crippen LogP contribution in [0.5, 0.6) is 0 Å². The van der Waals surface area contributed by atoms with Crippen molar-refractivity contribution in [2.24, 2.45) is 0 Å². The third kappa shape index (κ3) is 5.95. The Balaban J connectivity index is 1.26. The Morgan fingerprint density at radius 1 is 0.558 bits per heavy atom. The van der Waals surface area contributed by atoms with Gasteiger partial charge in [-0.05, 0) is 72.2 Å². The molecular formula is C38H38N4S. The molecule has 0 unspecified atom stereocenters. The standard InChI is InChI=1S/C38H38N4S/c1-25(2)33-17-10-18-34(26(3)4)38(33)42-22-36(40-24-42)30-14-9-16-32(20-30)43-31-15-8-13-29(19-31)35-21-41(23-39-35)37-27(5)11-7-12-28(37)6/h7-26H,1-6H3. The third-order valence-corrected chi connectivity index (χ3v) is 8.94. The van der Waals surface area contributed by atoms with Crippen molar-refractivity contribution in [2.75, 3.05) is 0 Å². The number of hydrogen-bond donors (Lipinski definition) is 0. The maximum absolute atomic E-state index is 4.85. The van der Waals surface area contributed by atoms with Gasteiger partial charge < -0.3 is 9.13 Å². The molecule has 5 heteroatoms. The van der Waals surface area contributed by atoms with E-state index in [2.05, 4.69) is 148 Å². The van der Waals surface area contributed by atoms with Crippen molar-refractivity contribution in [1.29, 1.82) is 0 Å². The molecule has 0 spiro atoms. The van der Waals surface area contributed by atoms with Crippen molar-refractivity contribution in [3.8, 4) is 33.9 Å². The van der Waals surface area contributed by atoms with Gasteiger partial charge in [0.25, 0.3) is 0 Å². The summed E-state index contributed by atoms with van der Waals surface area (Å²) in [5.41, 5.74) is 11.8. The van der Waals surface area contributed by atoms with Gasteiger partial charge in [0, 0.05) is 33.3 Å². The molecule has 6 rings (SSSR count). The van der Waals surface area contributed by atoms with Crippen LogP contribution in [0.3, 0.4) is 0 Å². The van der Waals surface area contributed by atoms with Crippen molar-refractivity contribution < 1.29 is 0 Å². The molecule has 43 heavy (non-hydrogen) atoms. The highest BCUT2D eigenvalue weighted by Crippen LogP contribution is 2.35. The Labute approximate surface area is 259 Å². The Bertz CT molecular complexity index is 1850. The molecule has 0 saturated heterocycles. The van der Waals surface area contributed by atoms with E-state index in [0.717, 1.165) is 22.5 Å². The van der Waals surface area contributed by atoms with Crippen LogP contribution in [0.15, 0.2) is 120 Å². The number of benzene rings is 4.